The SMILES string of the molecule is CNCC1CCCN1C(=O)C1CCCN(C(=O)c2ccc(C)cc2)C1. The Balaban J connectivity index is 1.65. The number of carbonyl (C=O) groups excluding carboxylic acids is 2. The van der Waals surface area contributed by atoms with Gasteiger partial charge in [-0.15, -0.1) is 0 Å². The number of aryl methyl sites for hydroxylation is 1. The molecule has 2 atom stereocenters. The van der Waals surface area contributed by atoms with Gasteiger partial charge in [0.25, 0.3) is 5.91 Å². The second-order valence-electron chi connectivity index (χ2n) is 7.34. The van der Waals surface area contributed by atoms with Crippen LogP contribution in [0, 0.1) is 12.8 Å². The molecule has 0 saturated carbocycles. The van der Waals surface area contributed by atoms with E-state index in [1.54, 1.807) is 0 Å². The van der Waals surface area contributed by atoms with Gasteiger partial charge in [0, 0.05) is 37.8 Å². The van der Waals surface area contributed by atoms with Gasteiger partial charge >= 0.3 is 0 Å². The molecule has 25 heavy (non-hydrogen) atoms. The van der Waals surface area contributed by atoms with E-state index in [9.17, 15) is 9.59 Å². The third-order valence-electron chi connectivity index (χ3n) is 5.46. The summed E-state index contributed by atoms with van der Waals surface area (Å²) in [5.41, 5.74) is 1.86. The Kier molecular flexibility index (Phi) is 5.74. The molecule has 0 aromatic heterocycles. The van der Waals surface area contributed by atoms with Crippen LogP contribution in [0.1, 0.15) is 41.6 Å². The van der Waals surface area contributed by atoms with E-state index in [-0.39, 0.29) is 17.7 Å². The fourth-order valence-electron chi connectivity index (χ4n) is 4.05. The third kappa shape index (κ3) is 4.03. The van der Waals surface area contributed by atoms with Gasteiger partial charge in [-0.3, -0.25) is 9.59 Å². The fourth-order valence-corrected chi connectivity index (χ4v) is 4.05. The Labute approximate surface area is 150 Å². The summed E-state index contributed by atoms with van der Waals surface area (Å²) >= 11 is 0. The highest BCUT2D eigenvalue weighted by Crippen LogP contribution is 2.25. The summed E-state index contributed by atoms with van der Waals surface area (Å²) in [6.07, 6.45) is 3.94. The largest absolute Gasteiger partial charge is 0.338 e. The topological polar surface area (TPSA) is 52.7 Å². The van der Waals surface area contributed by atoms with E-state index in [1.807, 2.05) is 48.0 Å². The number of carbonyl (C=O) groups is 2. The van der Waals surface area contributed by atoms with Crippen molar-refractivity contribution in [2.75, 3.05) is 33.2 Å². The van der Waals surface area contributed by atoms with Gasteiger partial charge in [0.15, 0.2) is 0 Å². The second-order valence-corrected chi connectivity index (χ2v) is 7.34. The van der Waals surface area contributed by atoms with Crippen molar-refractivity contribution in [3.8, 4) is 0 Å². The standard InChI is InChI=1S/C20H29N3O2/c1-15-7-9-16(10-8-15)19(24)22-11-3-5-17(14-22)20(25)23-12-4-6-18(23)13-21-2/h7-10,17-18,21H,3-6,11-14H2,1-2H3. The van der Waals surface area contributed by atoms with E-state index in [2.05, 4.69) is 5.32 Å². The Bertz CT molecular complexity index is 614. The molecule has 2 aliphatic heterocycles. The first-order valence-electron chi connectivity index (χ1n) is 9.41. The van der Waals surface area contributed by atoms with Crippen molar-refractivity contribution in [3.63, 3.8) is 0 Å². The second kappa shape index (κ2) is 8.00. The van der Waals surface area contributed by atoms with Crippen molar-refractivity contribution < 1.29 is 9.59 Å². The zero-order valence-corrected chi connectivity index (χ0v) is 15.3. The van der Waals surface area contributed by atoms with E-state index in [1.165, 1.54) is 0 Å². The summed E-state index contributed by atoms with van der Waals surface area (Å²) < 4.78 is 0. The maximum Gasteiger partial charge on any atom is 0.253 e. The Hall–Kier alpha value is -1.88. The number of amides is 2. The molecule has 0 aliphatic carbocycles. The number of hydrogen-bond donors (Lipinski definition) is 1. The normalized spacial score (nSPS) is 23.8. The molecular weight excluding hydrogens is 314 g/mol. The number of nitrogens with zero attached hydrogens (tertiary/aromatic N) is 2. The van der Waals surface area contributed by atoms with Crippen molar-refractivity contribution in [3.05, 3.63) is 35.4 Å². The first-order chi connectivity index (χ1) is 12.1. The molecule has 2 saturated heterocycles. The number of likely N-dealkylation sites (tertiary alicyclic amines) is 2. The molecule has 2 heterocycles. The number of benzene rings is 1. The summed E-state index contributed by atoms with van der Waals surface area (Å²) in [4.78, 5) is 29.7. The van der Waals surface area contributed by atoms with Crippen molar-refractivity contribution in [2.24, 2.45) is 5.92 Å². The van der Waals surface area contributed by atoms with E-state index in [4.69, 9.17) is 0 Å². The van der Waals surface area contributed by atoms with Gasteiger partial charge in [-0.05, 0) is 51.8 Å². The van der Waals surface area contributed by atoms with Crippen LogP contribution in [0.3, 0.4) is 0 Å². The molecule has 136 valence electrons. The number of rotatable bonds is 4. The zero-order chi connectivity index (χ0) is 17.8. The van der Waals surface area contributed by atoms with Crippen LogP contribution in [0.25, 0.3) is 0 Å². The summed E-state index contributed by atoms with van der Waals surface area (Å²) in [5, 5.41) is 3.19. The van der Waals surface area contributed by atoms with Crippen molar-refractivity contribution >= 4 is 11.8 Å². The molecule has 0 radical (unpaired) electrons. The lowest BCUT2D eigenvalue weighted by molar-refractivity contribution is -0.137. The van der Waals surface area contributed by atoms with Crippen molar-refractivity contribution in [1.82, 2.24) is 15.1 Å². The minimum atomic E-state index is -0.0550. The molecule has 2 aliphatic rings. The summed E-state index contributed by atoms with van der Waals surface area (Å²) in [7, 11) is 1.93. The third-order valence-corrected chi connectivity index (χ3v) is 5.46. The highest BCUT2D eigenvalue weighted by molar-refractivity contribution is 5.94. The Morgan fingerprint density at radius 2 is 1.84 bits per heavy atom. The number of piperidine rings is 1. The van der Waals surface area contributed by atoms with Gasteiger partial charge in [0.2, 0.25) is 5.91 Å². The summed E-state index contributed by atoms with van der Waals surface area (Å²) in [6.45, 7) is 5.02. The van der Waals surface area contributed by atoms with Crippen LogP contribution >= 0.6 is 0 Å². The van der Waals surface area contributed by atoms with Crippen molar-refractivity contribution in [2.45, 2.75) is 38.6 Å². The molecule has 1 aromatic rings. The van der Waals surface area contributed by atoms with E-state index in [0.717, 1.165) is 50.9 Å². The monoisotopic (exact) mass is 343 g/mol. The van der Waals surface area contributed by atoms with Crippen molar-refractivity contribution in [1.29, 1.82) is 0 Å². The molecule has 0 bridgehead atoms. The van der Waals surface area contributed by atoms with Crippen LogP contribution in [0.4, 0.5) is 0 Å². The van der Waals surface area contributed by atoms with Gasteiger partial charge in [-0.1, -0.05) is 17.7 Å². The van der Waals surface area contributed by atoms with Gasteiger partial charge in [0.05, 0.1) is 5.92 Å². The lowest BCUT2D eigenvalue weighted by atomic mass is 9.95. The van der Waals surface area contributed by atoms with Gasteiger partial charge in [-0.2, -0.15) is 0 Å². The fraction of sp³-hybridized carbons (Fsp3) is 0.600. The highest BCUT2D eigenvalue weighted by Gasteiger charge is 2.35. The van der Waals surface area contributed by atoms with Crippen LogP contribution < -0.4 is 5.32 Å². The molecule has 5 heteroatoms. The molecule has 2 unspecified atom stereocenters. The first kappa shape index (κ1) is 17.9. The first-order valence-corrected chi connectivity index (χ1v) is 9.41. The molecule has 5 nitrogen and oxygen atoms in total. The molecule has 0 spiro atoms. The molecular formula is C20H29N3O2. The van der Waals surface area contributed by atoms with E-state index < -0.39 is 0 Å². The average Bonchev–Trinajstić information content (AvgIpc) is 3.10. The lowest BCUT2D eigenvalue weighted by Gasteiger charge is -2.35. The molecule has 2 amide bonds. The predicted octanol–water partition coefficient (Wildman–Crippen LogP) is 2.06. The summed E-state index contributed by atoms with van der Waals surface area (Å²) in [5.74, 6) is 0.227. The predicted molar refractivity (Wildman–Crippen MR) is 98.5 cm³/mol. The van der Waals surface area contributed by atoms with Crippen LogP contribution in [0.15, 0.2) is 24.3 Å². The number of nitrogens with one attached hydrogen (secondary N) is 1. The zero-order valence-electron chi connectivity index (χ0n) is 15.3. The highest BCUT2D eigenvalue weighted by atomic mass is 16.2. The maximum atomic E-state index is 13.0. The Morgan fingerprint density at radius 1 is 1.12 bits per heavy atom. The Morgan fingerprint density at radius 3 is 2.56 bits per heavy atom. The quantitative estimate of drug-likeness (QED) is 0.910. The minimum absolute atomic E-state index is 0.0469. The number of likely N-dealkylation sites (N-methyl/N-ethyl adjacent to an activating group) is 1. The van der Waals surface area contributed by atoms with Gasteiger partial charge < -0.3 is 15.1 Å². The van der Waals surface area contributed by atoms with Crippen LogP contribution in [-0.4, -0.2) is 60.9 Å². The minimum Gasteiger partial charge on any atom is -0.338 e. The lowest BCUT2D eigenvalue weighted by Crippen LogP contribution is -2.49. The van der Waals surface area contributed by atoms with E-state index >= 15 is 0 Å². The smallest absolute Gasteiger partial charge is 0.253 e. The van der Waals surface area contributed by atoms with Crippen LogP contribution in [-0.2, 0) is 4.79 Å². The average molecular weight is 343 g/mol. The van der Waals surface area contributed by atoms with Crippen LogP contribution in [0.2, 0.25) is 0 Å². The molecule has 3 rings (SSSR count). The van der Waals surface area contributed by atoms with Crippen LogP contribution in [0.5, 0.6) is 0 Å². The summed E-state index contributed by atoms with van der Waals surface area (Å²) in [6, 6.07) is 8.00. The maximum absolute atomic E-state index is 13.0. The van der Waals surface area contributed by atoms with Gasteiger partial charge in [0.1, 0.15) is 0 Å². The molecule has 1 aromatic carbocycles. The van der Waals surface area contributed by atoms with Gasteiger partial charge in [-0.25, -0.2) is 0 Å². The molecule has 1 N–H and O–H groups in total. The molecule has 2 fully saturated rings. The van der Waals surface area contributed by atoms with E-state index in [0.29, 0.717) is 18.2 Å². The number of hydrogen-bond acceptors (Lipinski definition) is 3.